The third kappa shape index (κ3) is 3.32. The Bertz CT molecular complexity index is 800. The number of rotatable bonds is 3. The average molecular weight is 415 g/mol. The molecule has 1 spiro atoms. The second-order valence-corrected chi connectivity index (χ2v) is 11.9. The molecule has 3 aliphatic rings. The second-order valence-electron chi connectivity index (χ2n) is 8.09. The average Bonchev–Trinajstić information content (AvgIpc) is 3.03. The van der Waals surface area contributed by atoms with Gasteiger partial charge in [0.1, 0.15) is 0 Å². The van der Waals surface area contributed by atoms with Gasteiger partial charge in [0, 0.05) is 34.7 Å². The summed E-state index contributed by atoms with van der Waals surface area (Å²) in [7, 11) is -3.43. The van der Waals surface area contributed by atoms with Gasteiger partial charge in [-0.15, -0.1) is 0 Å². The zero-order chi connectivity index (χ0) is 18.5. The minimum Gasteiger partial charge on any atom is -0.300 e. The summed E-state index contributed by atoms with van der Waals surface area (Å²) in [5.74, 6) is 1.15. The Labute approximate surface area is 166 Å². The maximum absolute atomic E-state index is 13.1. The summed E-state index contributed by atoms with van der Waals surface area (Å²) in [4.78, 5) is 3.04. The number of halogens is 1. The first-order chi connectivity index (χ1) is 12.3. The van der Waals surface area contributed by atoms with E-state index in [0.717, 1.165) is 23.3 Å². The van der Waals surface area contributed by atoms with Crippen LogP contribution in [-0.2, 0) is 10.0 Å². The van der Waals surface area contributed by atoms with Crippen molar-refractivity contribution < 1.29 is 8.42 Å². The van der Waals surface area contributed by atoms with Crippen LogP contribution in [0.3, 0.4) is 0 Å². The van der Waals surface area contributed by atoms with Crippen molar-refractivity contribution in [3.05, 3.63) is 28.3 Å². The number of nitrogens with zero attached hydrogens (tertiary/aromatic N) is 2. The molecule has 144 valence electrons. The quantitative estimate of drug-likeness (QED) is 0.756. The van der Waals surface area contributed by atoms with Crippen molar-refractivity contribution in [3.63, 3.8) is 0 Å². The van der Waals surface area contributed by atoms with E-state index in [9.17, 15) is 8.42 Å². The van der Waals surface area contributed by atoms with Gasteiger partial charge >= 0.3 is 0 Å². The molecule has 4 rings (SSSR count). The fourth-order valence-corrected chi connectivity index (χ4v) is 8.46. The Balaban J connectivity index is 1.45. The van der Waals surface area contributed by atoms with Crippen molar-refractivity contribution in [3.8, 4) is 0 Å². The predicted molar refractivity (Wildman–Crippen MR) is 109 cm³/mol. The van der Waals surface area contributed by atoms with Gasteiger partial charge in [-0.25, -0.2) is 8.42 Å². The van der Waals surface area contributed by atoms with Gasteiger partial charge in [0.05, 0.1) is 4.90 Å². The summed E-state index contributed by atoms with van der Waals surface area (Å²) in [5.41, 5.74) is 1.54. The summed E-state index contributed by atoms with van der Waals surface area (Å²) >= 11 is 8.12. The van der Waals surface area contributed by atoms with Crippen LogP contribution in [0, 0.1) is 13.8 Å². The van der Waals surface area contributed by atoms with E-state index in [1.54, 1.807) is 16.4 Å². The fraction of sp³-hybridized carbons (Fsp3) is 0.684. The first-order valence-electron chi connectivity index (χ1n) is 9.46. The molecule has 0 aliphatic carbocycles. The van der Waals surface area contributed by atoms with Gasteiger partial charge in [0.2, 0.25) is 10.0 Å². The number of piperidine rings is 1. The van der Waals surface area contributed by atoms with Crippen molar-refractivity contribution in [1.82, 2.24) is 9.21 Å². The van der Waals surface area contributed by atoms with Crippen molar-refractivity contribution in [2.75, 3.05) is 31.9 Å². The molecule has 0 bridgehead atoms. The predicted octanol–water partition coefficient (Wildman–Crippen LogP) is 3.69. The van der Waals surface area contributed by atoms with E-state index in [1.807, 2.05) is 25.6 Å². The van der Waals surface area contributed by atoms with Crippen molar-refractivity contribution in [2.45, 2.75) is 55.2 Å². The molecular weight excluding hydrogens is 388 g/mol. The Morgan fingerprint density at radius 1 is 1.12 bits per heavy atom. The van der Waals surface area contributed by atoms with E-state index >= 15 is 0 Å². The van der Waals surface area contributed by atoms with Crippen LogP contribution in [0.2, 0.25) is 5.02 Å². The monoisotopic (exact) mass is 414 g/mol. The van der Waals surface area contributed by atoms with Gasteiger partial charge in [0.15, 0.2) is 0 Å². The molecule has 0 N–H and O–H groups in total. The summed E-state index contributed by atoms with van der Waals surface area (Å²) < 4.78 is 28.0. The van der Waals surface area contributed by atoms with Crippen LogP contribution in [0.15, 0.2) is 17.0 Å². The lowest BCUT2D eigenvalue weighted by Gasteiger charge is -2.47. The van der Waals surface area contributed by atoms with Gasteiger partial charge in [-0.2, -0.15) is 16.1 Å². The normalized spacial score (nSPS) is 27.0. The van der Waals surface area contributed by atoms with Crippen LogP contribution in [-0.4, -0.2) is 60.3 Å². The molecule has 26 heavy (non-hydrogen) atoms. The lowest BCUT2D eigenvalue weighted by Crippen LogP contribution is -2.61. The molecule has 1 unspecified atom stereocenters. The Morgan fingerprint density at radius 2 is 1.81 bits per heavy atom. The number of hydrogen-bond donors (Lipinski definition) is 0. The van der Waals surface area contributed by atoms with Crippen LogP contribution in [0.5, 0.6) is 0 Å². The van der Waals surface area contributed by atoms with Gasteiger partial charge in [-0.05, 0) is 69.5 Å². The Hall–Kier alpha value is -0.270. The van der Waals surface area contributed by atoms with Crippen molar-refractivity contribution in [2.24, 2.45) is 0 Å². The van der Waals surface area contributed by atoms with Crippen LogP contribution in [0.25, 0.3) is 0 Å². The van der Waals surface area contributed by atoms with Gasteiger partial charge in [-0.3, -0.25) is 4.90 Å². The number of benzene rings is 1. The lowest BCUT2D eigenvalue weighted by molar-refractivity contribution is 0.140. The number of aryl methyl sites for hydroxylation is 2. The van der Waals surface area contributed by atoms with Gasteiger partial charge < -0.3 is 0 Å². The summed E-state index contributed by atoms with van der Waals surface area (Å²) in [6, 6.07) is 4.11. The Kier molecular flexibility index (Phi) is 5.10. The minimum absolute atomic E-state index is 0.130. The number of sulfonamides is 1. The van der Waals surface area contributed by atoms with Crippen LogP contribution >= 0.6 is 23.4 Å². The first kappa shape index (κ1) is 19.1. The highest BCUT2D eigenvalue weighted by Gasteiger charge is 2.53. The van der Waals surface area contributed by atoms with E-state index < -0.39 is 10.0 Å². The van der Waals surface area contributed by atoms with E-state index in [1.165, 1.54) is 32.4 Å². The third-order valence-corrected chi connectivity index (χ3v) is 10.0. The number of likely N-dealkylation sites (tertiary alicyclic amines) is 1. The third-order valence-electron chi connectivity index (χ3n) is 6.10. The van der Waals surface area contributed by atoms with E-state index in [2.05, 4.69) is 4.90 Å². The summed E-state index contributed by atoms with van der Waals surface area (Å²) in [5, 5.41) is 0.622. The topological polar surface area (TPSA) is 40.6 Å². The molecule has 1 atom stereocenters. The van der Waals surface area contributed by atoms with Gasteiger partial charge in [0.25, 0.3) is 0 Å². The second kappa shape index (κ2) is 6.96. The van der Waals surface area contributed by atoms with E-state index in [0.29, 0.717) is 29.0 Å². The summed E-state index contributed by atoms with van der Waals surface area (Å²) in [6.45, 7) is 7.40. The summed E-state index contributed by atoms with van der Waals surface area (Å²) in [6.07, 6.45) is 5.10. The molecule has 3 fully saturated rings. The maximum atomic E-state index is 13.1. The molecule has 4 nitrogen and oxygen atoms in total. The molecule has 3 aliphatic heterocycles. The van der Waals surface area contributed by atoms with Crippen LogP contribution < -0.4 is 0 Å². The molecule has 1 aromatic rings. The fourth-order valence-electron chi connectivity index (χ4n) is 4.50. The van der Waals surface area contributed by atoms with E-state index in [-0.39, 0.29) is 4.75 Å². The molecule has 7 heteroatoms. The van der Waals surface area contributed by atoms with Crippen LogP contribution in [0.1, 0.15) is 36.8 Å². The molecule has 0 saturated carbocycles. The van der Waals surface area contributed by atoms with E-state index in [4.69, 9.17) is 11.6 Å². The minimum atomic E-state index is -3.43. The largest absolute Gasteiger partial charge is 0.300 e. The SMILES string of the molecule is Cc1cc(S(=O)(=O)N2CC3(CC(N4CCCCC4)CS3)C2)c(C)cc1Cl. The smallest absolute Gasteiger partial charge is 0.243 e. The molecule has 0 amide bonds. The molecular formula is C19H27ClN2O2S2. The molecule has 3 saturated heterocycles. The number of thioether (sulfide) groups is 1. The first-order valence-corrected chi connectivity index (χ1v) is 12.3. The highest BCUT2D eigenvalue weighted by molar-refractivity contribution is 8.01. The zero-order valence-corrected chi connectivity index (χ0v) is 17.9. The van der Waals surface area contributed by atoms with Gasteiger partial charge in [-0.1, -0.05) is 18.0 Å². The van der Waals surface area contributed by atoms with Crippen molar-refractivity contribution in [1.29, 1.82) is 0 Å². The zero-order valence-electron chi connectivity index (χ0n) is 15.5. The molecule has 0 aromatic heterocycles. The number of hydrogen-bond acceptors (Lipinski definition) is 4. The molecule has 1 aromatic carbocycles. The highest BCUT2D eigenvalue weighted by atomic mass is 35.5. The lowest BCUT2D eigenvalue weighted by atomic mass is 9.93. The maximum Gasteiger partial charge on any atom is 0.243 e. The highest BCUT2D eigenvalue weighted by Crippen LogP contribution is 2.48. The molecule has 0 radical (unpaired) electrons. The van der Waals surface area contributed by atoms with Crippen LogP contribution in [0.4, 0.5) is 0 Å². The Morgan fingerprint density at radius 3 is 2.50 bits per heavy atom. The molecule has 3 heterocycles. The van der Waals surface area contributed by atoms with Crippen molar-refractivity contribution >= 4 is 33.4 Å². The standard InChI is InChI=1S/C19H27ClN2O2S2/c1-14-9-18(15(2)8-17(14)20)26(23,24)22-12-19(13-22)10-16(11-25-19)21-6-4-3-5-7-21/h8-9,16H,3-7,10-13H2,1-2H3.